The Morgan fingerprint density at radius 3 is 2.56 bits per heavy atom. The summed E-state index contributed by atoms with van der Waals surface area (Å²) in [5.41, 5.74) is 8.20. The van der Waals surface area contributed by atoms with Crippen molar-refractivity contribution in [1.29, 1.82) is 0 Å². The van der Waals surface area contributed by atoms with Crippen LogP contribution in [0.3, 0.4) is 0 Å². The number of methoxy groups -OCH3 is 1. The smallest absolute Gasteiger partial charge is 0.191 e. The third-order valence-corrected chi connectivity index (χ3v) is 4.34. The summed E-state index contributed by atoms with van der Waals surface area (Å²) in [6.07, 6.45) is 2.40. The molecule has 5 nitrogen and oxygen atoms in total. The Labute approximate surface area is 149 Å². The molecule has 2 aromatic rings. The molecule has 1 fully saturated rings. The topological polar surface area (TPSA) is 60.1 Å². The van der Waals surface area contributed by atoms with Gasteiger partial charge in [-0.05, 0) is 36.1 Å². The van der Waals surface area contributed by atoms with Crippen LogP contribution in [0.25, 0.3) is 0 Å². The average Bonchev–Trinajstić information content (AvgIpc) is 3.50. The Morgan fingerprint density at radius 1 is 1.12 bits per heavy atom. The summed E-state index contributed by atoms with van der Waals surface area (Å²) in [4.78, 5) is 6.53. The summed E-state index contributed by atoms with van der Waals surface area (Å²) in [5.74, 6) is 2.02. The highest BCUT2D eigenvalue weighted by Crippen LogP contribution is 2.29. The van der Waals surface area contributed by atoms with Gasteiger partial charge >= 0.3 is 0 Å². The minimum absolute atomic E-state index is 0.508. The molecule has 132 valence electrons. The second kappa shape index (κ2) is 7.92. The van der Waals surface area contributed by atoms with Crippen LogP contribution in [0.1, 0.15) is 24.0 Å². The van der Waals surface area contributed by atoms with E-state index in [9.17, 15) is 0 Å². The standard InChI is InChI=1S/C20H25N3O2/c1-23(17-9-10-17)20(21)22-13-16-8-11-18(19(12-16)24-2)25-14-15-6-4-3-5-7-15/h3-8,11-12,17H,9-10,13-14H2,1-2H3,(H2,21,22). The average molecular weight is 339 g/mol. The van der Waals surface area contributed by atoms with Gasteiger partial charge in [0.25, 0.3) is 0 Å². The maximum Gasteiger partial charge on any atom is 0.191 e. The SMILES string of the molecule is COc1cc(CN=C(N)N(C)C2CC2)ccc1OCc1ccccc1. The summed E-state index contributed by atoms with van der Waals surface area (Å²) in [5, 5.41) is 0. The van der Waals surface area contributed by atoms with Gasteiger partial charge in [0.05, 0.1) is 13.7 Å². The van der Waals surface area contributed by atoms with E-state index in [2.05, 4.69) is 9.89 Å². The Kier molecular flexibility index (Phi) is 5.43. The largest absolute Gasteiger partial charge is 0.493 e. The fourth-order valence-electron chi connectivity index (χ4n) is 2.60. The fourth-order valence-corrected chi connectivity index (χ4v) is 2.60. The predicted molar refractivity (Wildman–Crippen MR) is 99.9 cm³/mol. The summed E-state index contributed by atoms with van der Waals surface area (Å²) < 4.78 is 11.3. The molecule has 5 heteroatoms. The second-order valence-electron chi connectivity index (χ2n) is 6.28. The lowest BCUT2D eigenvalue weighted by Gasteiger charge is -2.17. The van der Waals surface area contributed by atoms with E-state index in [-0.39, 0.29) is 0 Å². The zero-order valence-electron chi connectivity index (χ0n) is 14.8. The first kappa shape index (κ1) is 17.1. The minimum atomic E-state index is 0.508. The molecule has 1 saturated carbocycles. The fraction of sp³-hybridized carbons (Fsp3) is 0.350. The Morgan fingerprint density at radius 2 is 1.88 bits per heavy atom. The van der Waals surface area contributed by atoms with Gasteiger partial charge in [-0.2, -0.15) is 0 Å². The van der Waals surface area contributed by atoms with Crippen molar-refractivity contribution in [2.75, 3.05) is 14.2 Å². The number of nitrogens with two attached hydrogens (primary N) is 1. The maximum absolute atomic E-state index is 6.04. The lowest BCUT2D eigenvalue weighted by atomic mass is 10.2. The molecule has 2 N–H and O–H groups in total. The molecule has 0 unspecified atom stereocenters. The first-order valence-corrected chi connectivity index (χ1v) is 8.54. The van der Waals surface area contributed by atoms with E-state index < -0.39 is 0 Å². The summed E-state index contributed by atoms with van der Waals surface area (Å²) in [6.45, 7) is 1.03. The van der Waals surface area contributed by atoms with Gasteiger partial charge in [-0.1, -0.05) is 36.4 Å². The number of nitrogens with zero attached hydrogens (tertiary/aromatic N) is 2. The molecule has 25 heavy (non-hydrogen) atoms. The number of aliphatic imine (C=N–C) groups is 1. The lowest BCUT2D eigenvalue weighted by molar-refractivity contribution is 0.284. The van der Waals surface area contributed by atoms with Gasteiger partial charge in [-0.3, -0.25) is 0 Å². The molecule has 1 aliphatic rings. The Balaban J connectivity index is 1.63. The van der Waals surface area contributed by atoms with E-state index in [1.807, 2.05) is 55.6 Å². The summed E-state index contributed by atoms with van der Waals surface area (Å²) in [6, 6.07) is 16.5. The van der Waals surface area contributed by atoms with Gasteiger partial charge in [0.1, 0.15) is 6.61 Å². The quantitative estimate of drug-likeness (QED) is 0.622. The third kappa shape index (κ3) is 4.66. The molecule has 0 radical (unpaired) electrons. The van der Waals surface area contributed by atoms with E-state index in [0.717, 1.165) is 16.9 Å². The van der Waals surface area contributed by atoms with Gasteiger partial charge in [0.2, 0.25) is 0 Å². The molecule has 3 rings (SSSR count). The van der Waals surface area contributed by atoms with Crippen molar-refractivity contribution >= 4 is 5.96 Å². The van der Waals surface area contributed by atoms with E-state index >= 15 is 0 Å². The highest BCUT2D eigenvalue weighted by molar-refractivity contribution is 5.78. The van der Waals surface area contributed by atoms with Gasteiger partial charge in [-0.25, -0.2) is 4.99 Å². The third-order valence-electron chi connectivity index (χ3n) is 4.34. The highest BCUT2D eigenvalue weighted by Gasteiger charge is 2.27. The van der Waals surface area contributed by atoms with Gasteiger partial charge in [0.15, 0.2) is 17.5 Å². The zero-order valence-corrected chi connectivity index (χ0v) is 14.8. The summed E-state index contributed by atoms with van der Waals surface area (Å²) in [7, 11) is 3.64. The van der Waals surface area contributed by atoms with Gasteiger partial charge in [0, 0.05) is 13.1 Å². The lowest BCUT2D eigenvalue weighted by Crippen LogP contribution is -2.35. The zero-order chi connectivity index (χ0) is 17.6. The van der Waals surface area contributed by atoms with E-state index in [1.165, 1.54) is 12.8 Å². The molecule has 0 atom stereocenters. The van der Waals surface area contributed by atoms with Gasteiger partial charge < -0.3 is 20.1 Å². The monoisotopic (exact) mass is 339 g/mol. The number of rotatable bonds is 7. The van der Waals surface area contributed by atoms with Crippen molar-refractivity contribution in [3.63, 3.8) is 0 Å². The van der Waals surface area contributed by atoms with Crippen molar-refractivity contribution in [2.45, 2.75) is 32.0 Å². The maximum atomic E-state index is 6.04. The molecule has 0 saturated heterocycles. The number of guanidine groups is 1. The summed E-state index contributed by atoms with van der Waals surface area (Å²) >= 11 is 0. The Bertz CT molecular complexity index is 727. The number of ether oxygens (including phenoxy) is 2. The second-order valence-corrected chi connectivity index (χ2v) is 6.28. The molecule has 0 spiro atoms. The number of hydrogen-bond donors (Lipinski definition) is 1. The molecular weight excluding hydrogens is 314 g/mol. The van der Waals surface area contributed by atoms with Crippen LogP contribution >= 0.6 is 0 Å². The van der Waals surface area contributed by atoms with Crippen LogP contribution in [-0.4, -0.2) is 31.1 Å². The Hall–Kier alpha value is -2.69. The van der Waals surface area contributed by atoms with Crippen LogP contribution in [0.5, 0.6) is 11.5 Å². The predicted octanol–water partition coefficient (Wildman–Crippen LogP) is 3.18. The first-order chi connectivity index (χ1) is 12.2. The first-order valence-electron chi connectivity index (χ1n) is 8.54. The van der Waals surface area contributed by atoms with Crippen LogP contribution in [0.15, 0.2) is 53.5 Å². The molecule has 1 aliphatic carbocycles. The molecular formula is C20H25N3O2. The van der Waals surface area contributed by atoms with Crippen LogP contribution in [0, 0.1) is 0 Å². The van der Waals surface area contributed by atoms with Crippen molar-refractivity contribution in [2.24, 2.45) is 10.7 Å². The molecule has 0 aliphatic heterocycles. The number of benzene rings is 2. The molecule has 0 bridgehead atoms. The van der Waals surface area contributed by atoms with Crippen LogP contribution in [0.4, 0.5) is 0 Å². The van der Waals surface area contributed by atoms with Crippen molar-refractivity contribution in [3.05, 3.63) is 59.7 Å². The van der Waals surface area contributed by atoms with Crippen LogP contribution in [-0.2, 0) is 13.2 Å². The molecule has 0 aromatic heterocycles. The molecule has 0 amide bonds. The molecule has 2 aromatic carbocycles. The highest BCUT2D eigenvalue weighted by atomic mass is 16.5. The van der Waals surface area contributed by atoms with Crippen molar-refractivity contribution in [1.82, 2.24) is 4.90 Å². The normalized spacial score (nSPS) is 14.2. The minimum Gasteiger partial charge on any atom is -0.493 e. The number of hydrogen-bond acceptors (Lipinski definition) is 3. The van der Waals surface area contributed by atoms with Crippen molar-refractivity contribution in [3.8, 4) is 11.5 Å². The van der Waals surface area contributed by atoms with Crippen molar-refractivity contribution < 1.29 is 9.47 Å². The van der Waals surface area contributed by atoms with E-state index in [1.54, 1.807) is 7.11 Å². The van der Waals surface area contributed by atoms with Crippen LogP contribution < -0.4 is 15.2 Å². The van der Waals surface area contributed by atoms with Gasteiger partial charge in [-0.15, -0.1) is 0 Å². The van der Waals surface area contributed by atoms with Crippen LogP contribution in [0.2, 0.25) is 0 Å². The van der Waals surface area contributed by atoms with E-state index in [0.29, 0.717) is 30.9 Å². The van der Waals surface area contributed by atoms with E-state index in [4.69, 9.17) is 15.2 Å². The molecule has 0 heterocycles.